The summed E-state index contributed by atoms with van der Waals surface area (Å²) in [5.41, 5.74) is 0. The fraction of sp³-hybridized carbons (Fsp3) is 0.500. The normalized spacial score (nSPS) is 21.1. The highest BCUT2D eigenvalue weighted by atomic mass is 32.2. The predicted octanol–water partition coefficient (Wildman–Crippen LogP) is 1.05. The van der Waals surface area contributed by atoms with Gasteiger partial charge in [0.25, 0.3) is 0 Å². The number of hydrogen-bond donors (Lipinski definition) is 2. The van der Waals surface area contributed by atoms with E-state index in [1.54, 1.807) is 18.0 Å². The van der Waals surface area contributed by atoms with Gasteiger partial charge in [-0.3, -0.25) is 10.1 Å². The van der Waals surface area contributed by atoms with Crippen LogP contribution in [-0.4, -0.2) is 28.6 Å². The van der Waals surface area contributed by atoms with Crippen molar-refractivity contribution in [3.8, 4) is 0 Å². The molecule has 0 aliphatic carbocycles. The van der Waals surface area contributed by atoms with Crippen LogP contribution in [0.25, 0.3) is 0 Å². The Hall–Kier alpha value is -0.590. The first-order valence-corrected chi connectivity index (χ1v) is 6.27. The Morgan fingerprint density at radius 3 is 3.21 bits per heavy atom. The first-order chi connectivity index (χ1) is 6.75. The zero-order chi connectivity index (χ0) is 9.97. The minimum absolute atomic E-state index is 0.0179. The zero-order valence-electron chi connectivity index (χ0n) is 7.74. The number of rotatable bonds is 2. The summed E-state index contributed by atoms with van der Waals surface area (Å²) >= 11 is 3.23. The summed E-state index contributed by atoms with van der Waals surface area (Å²) in [6, 6.07) is -0.0655. The van der Waals surface area contributed by atoms with Gasteiger partial charge in [-0.25, -0.2) is 4.98 Å². The second kappa shape index (κ2) is 4.29. The molecule has 0 spiro atoms. The molecule has 2 heterocycles. The van der Waals surface area contributed by atoms with E-state index in [1.807, 2.05) is 6.92 Å². The van der Waals surface area contributed by atoms with Crippen molar-refractivity contribution < 1.29 is 4.79 Å². The second-order valence-electron chi connectivity index (χ2n) is 3.04. The van der Waals surface area contributed by atoms with Crippen LogP contribution in [-0.2, 0) is 4.79 Å². The van der Waals surface area contributed by atoms with Crippen LogP contribution >= 0.6 is 23.1 Å². The lowest BCUT2D eigenvalue weighted by atomic mass is 10.3. The number of nitrogens with one attached hydrogen (secondary N) is 2. The maximum Gasteiger partial charge on any atom is 0.244 e. The number of anilines is 1. The molecule has 1 aliphatic heterocycles. The van der Waals surface area contributed by atoms with Crippen molar-refractivity contribution in [2.24, 2.45) is 0 Å². The molecule has 0 saturated carbocycles. The van der Waals surface area contributed by atoms with E-state index < -0.39 is 0 Å². The summed E-state index contributed by atoms with van der Waals surface area (Å²) in [6.07, 6.45) is 1.76. The van der Waals surface area contributed by atoms with Crippen LogP contribution in [0.5, 0.6) is 0 Å². The van der Waals surface area contributed by atoms with Crippen LogP contribution in [0.2, 0.25) is 0 Å². The van der Waals surface area contributed by atoms with E-state index in [9.17, 15) is 4.79 Å². The molecule has 1 aromatic heterocycles. The van der Waals surface area contributed by atoms with E-state index in [0.29, 0.717) is 5.13 Å². The molecule has 1 aliphatic rings. The van der Waals surface area contributed by atoms with E-state index in [0.717, 1.165) is 16.5 Å². The van der Waals surface area contributed by atoms with Gasteiger partial charge in [-0.15, -0.1) is 23.1 Å². The van der Waals surface area contributed by atoms with Gasteiger partial charge in [0.2, 0.25) is 5.91 Å². The summed E-state index contributed by atoms with van der Waals surface area (Å²) in [4.78, 5) is 16.8. The van der Waals surface area contributed by atoms with E-state index in [4.69, 9.17) is 0 Å². The highest BCUT2D eigenvalue weighted by molar-refractivity contribution is 7.99. The third-order valence-corrected chi connectivity index (χ3v) is 3.65. The lowest BCUT2D eigenvalue weighted by Crippen LogP contribution is -2.37. The average molecular weight is 229 g/mol. The zero-order valence-corrected chi connectivity index (χ0v) is 9.37. The molecule has 14 heavy (non-hydrogen) atoms. The Labute approximate surface area is 90.5 Å². The van der Waals surface area contributed by atoms with E-state index in [-0.39, 0.29) is 11.9 Å². The van der Waals surface area contributed by atoms with Crippen LogP contribution < -0.4 is 10.6 Å². The van der Waals surface area contributed by atoms with Crippen molar-refractivity contribution in [2.45, 2.75) is 13.0 Å². The molecule has 0 aromatic carbocycles. The number of aryl methyl sites for hydroxylation is 1. The third kappa shape index (κ3) is 2.26. The number of carbonyl (C=O) groups is 1. The summed E-state index contributed by atoms with van der Waals surface area (Å²) < 4.78 is 0. The van der Waals surface area contributed by atoms with Gasteiger partial charge in [0.05, 0.1) is 6.04 Å². The number of nitrogens with zero attached hydrogens (tertiary/aromatic N) is 1. The summed E-state index contributed by atoms with van der Waals surface area (Å²) in [5, 5.41) is 6.59. The minimum atomic E-state index is -0.0655. The van der Waals surface area contributed by atoms with Gasteiger partial charge < -0.3 is 5.32 Å². The smallest absolute Gasteiger partial charge is 0.244 e. The Morgan fingerprint density at radius 2 is 2.64 bits per heavy atom. The van der Waals surface area contributed by atoms with Crippen LogP contribution in [0.4, 0.5) is 5.13 Å². The fourth-order valence-electron chi connectivity index (χ4n) is 1.17. The van der Waals surface area contributed by atoms with Gasteiger partial charge in [0.1, 0.15) is 0 Å². The third-order valence-electron chi connectivity index (χ3n) is 1.88. The Balaban J connectivity index is 1.93. The van der Waals surface area contributed by atoms with Crippen LogP contribution in [0, 0.1) is 6.92 Å². The van der Waals surface area contributed by atoms with E-state index in [1.165, 1.54) is 11.3 Å². The van der Waals surface area contributed by atoms with Crippen molar-refractivity contribution in [3.05, 3.63) is 11.1 Å². The summed E-state index contributed by atoms with van der Waals surface area (Å²) in [7, 11) is 0. The first-order valence-electron chi connectivity index (χ1n) is 4.30. The van der Waals surface area contributed by atoms with Gasteiger partial charge in [0, 0.05) is 22.7 Å². The SMILES string of the molecule is Cc1cnc(NC(=O)[C@H]2CSCN2)s1. The van der Waals surface area contributed by atoms with E-state index in [2.05, 4.69) is 15.6 Å². The molecule has 6 heteroatoms. The maximum atomic E-state index is 11.6. The molecular weight excluding hydrogens is 218 g/mol. The molecule has 76 valence electrons. The van der Waals surface area contributed by atoms with Crippen molar-refractivity contribution in [2.75, 3.05) is 16.9 Å². The van der Waals surface area contributed by atoms with Crippen molar-refractivity contribution in [1.29, 1.82) is 0 Å². The second-order valence-corrected chi connectivity index (χ2v) is 5.30. The lowest BCUT2D eigenvalue weighted by molar-refractivity contribution is -0.117. The largest absolute Gasteiger partial charge is 0.301 e. The van der Waals surface area contributed by atoms with Gasteiger partial charge in [-0.05, 0) is 6.92 Å². The van der Waals surface area contributed by atoms with E-state index >= 15 is 0 Å². The van der Waals surface area contributed by atoms with Crippen molar-refractivity contribution in [1.82, 2.24) is 10.3 Å². The van der Waals surface area contributed by atoms with Crippen LogP contribution in [0.3, 0.4) is 0 Å². The maximum absolute atomic E-state index is 11.6. The van der Waals surface area contributed by atoms with Crippen LogP contribution in [0.15, 0.2) is 6.20 Å². The van der Waals surface area contributed by atoms with Gasteiger partial charge in [-0.2, -0.15) is 0 Å². The Bertz CT molecular complexity index is 333. The number of amides is 1. The number of aromatic nitrogens is 1. The van der Waals surface area contributed by atoms with Crippen LogP contribution in [0.1, 0.15) is 4.88 Å². The Kier molecular flexibility index (Phi) is 3.05. The average Bonchev–Trinajstić information content (AvgIpc) is 2.75. The molecular formula is C8H11N3OS2. The number of thioether (sulfide) groups is 1. The standard InChI is InChI=1S/C8H11N3OS2/c1-5-2-9-8(14-5)11-7(12)6-3-13-4-10-6/h2,6,10H,3-4H2,1H3,(H,9,11,12)/t6-/m1/s1. The molecule has 1 saturated heterocycles. The molecule has 4 nitrogen and oxygen atoms in total. The molecule has 2 rings (SSSR count). The first kappa shape index (κ1) is 9.95. The number of carbonyl (C=O) groups excluding carboxylic acids is 1. The molecule has 0 radical (unpaired) electrons. The fourth-order valence-corrected chi connectivity index (χ4v) is 2.78. The predicted molar refractivity (Wildman–Crippen MR) is 59.7 cm³/mol. The number of hydrogen-bond acceptors (Lipinski definition) is 5. The summed E-state index contributed by atoms with van der Waals surface area (Å²) in [5.74, 6) is 1.72. The van der Waals surface area contributed by atoms with Gasteiger partial charge in [0.15, 0.2) is 5.13 Å². The van der Waals surface area contributed by atoms with Gasteiger partial charge >= 0.3 is 0 Å². The molecule has 1 aromatic rings. The van der Waals surface area contributed by atoms with Crippen molar-refractivity contribution >= 4 is 34.1 Å². The molecule has 1 fully saturated rings. The topological polar surface area (TPSA) is 54.0 Å². The van der Waals surface area contributed by atoms with Crippen molar-refractivity contribution in [3.63, 3.8) is 0 Å². The highest BCUT2D eigenvalue weighted by Crippen LogP contribution is 2.18. The Morgan fingerprint density at radius 1 is 1.79 bits per heavy atom. The number of thiazole rings is 1. The van der Waals surface area contributed by atoms with Gasteiger partial charge in [-0.1, -0.05) is 0 Å². The monoisotopic (exact) mass is 229 g/mol. The quantitative estimate of drug-likeness (QED) is 0.796. The minimum Gasteiger partial charge on any atom is -0.301 e. The molecule has 0 bridgehead atoms. The lowest BCUT2D eigenvalue weighted by Gasteiger charge is -2.07. The highest BCUT2D eigenvalue weighted by Gasteiger charge is 2.22. The molecule has 2 N–H and O–H groups in total. The summed E-state index contributed by atoms with van der Waals surface area (Å²) in [6.45, 7) is 1.97. The molecule has 0 unspecified atom stereocenters. The molecule has 1 atom stereocenters. The molecule has 1 amide bonds.